The van der Waals surface area contributed by atoms with Gasteiger partial charge in [-0.2, -0.15) is 0 Å². The monoisotopic (exact) mass is 210 g/mol. The summed E-state index contributed by atoms with van der Waals surface area (Å²) in [6.45, 7) is 4.21. The third kappa shape index (κ3) is 11.3. The fourth-order valence-electron chi connectivity index (χ4n) is 1.53. The van der Waals surface area contributed by atoms with Gasteiger partial charge in [0.05, 0.1) is 0 Å². The largest absolute Gasteiger partial charge is 0.303 e. The highest BCUT2D eigenvalue weighted by Crippen LogP contribution is 2.07. The van der Waals surface area contributed by atoms with Gasteiger partial charge in [-0.15, -0.1) is 0 Å². The van der Waals surface area contributed by atoms with Crippen LogP contribution in [-0.4, -0.2) is 6.29 Å². The zero-order chi connectivity index (χ0) is 11.4. The molecule has 0 fully saturated rings. The minimum Gasteiger partial charge on any atom is -0.303 e. The molecule has 0 radical (unpaired) electrons. The first-order chi connectivity index (χ1) is 7.31. The molecule has 0 bridgehead atoms. The van der Waals surface area contributed by atoms with Crippen LogP contribution >= 0.6 is 0 Å². The normalized spacial score (nSPS) is 13.2. The van der Waals surface area contributed by atoms with Gasteiger partial charge in [-0.25, -0.2) is 0 Å². The van der Waals surface area contributed by atoms with Crippen molar-refractivity contribution in [3.63, 3.8) is 0 Å². The molecule has 0 heterocycles. The molecule has 88 valence electrons. The summed E-state index contributed by atoms with van der Waals surface area (Å²) in [5.74, 6) is 0.186. The lowest BCUT2D eigenvalue weighted by Crippen LogP contribution is -1.91. The lowest BCUT2D eigenvalue weighted by Gasteiger charge is -1.98. The van der Waals surface area contributed by atoms with E-state index in [1.807, 2.05) is 6.92 Å². The first-order valence-electron chi connectivity index (χ1n) is 6.41. The molecule has 0 aromatic heterocycles. The first-order valence-corrected chi connectivity index (χ1v) is 6.41. The van der Waals surface area contributed by atoms with Crippen LogP contribution in [-0.2, 0) is 4.79 Å². The maximum Gasteiger partial charge on any atom is 0.123 e. The second-order valence-electron chi connectivity index (χ2n) is 4.38. The van der Waals surface area contributed by atoms with Crippen LogP contribution in [0.3, 0.4) is 0 Å². The van der Waals surface area contributed by atoms with E-state index in [2.05, 4.69) is 19.1 Å². The van der Waals surface area contributed by atoms with Crippen molar-refractivity contribution in [1.82, 2.24) is 0 Å². The van der Waals surface area contributed by atoms with Crippen LogP contribution in [0, 0.1) is 5.92 Å². The van der Waals surface area contributed by atoms with Gasteiger partial charge in [0.15, 0.2) is 0 Å². The van der Waals surface area contributed by atoms with Gasteiger partial charge in [0, 0.05) is 5.92 Å². The second-order valence-corrected chi connectivity index (χ2v) is 4.38. The van der Waals surface area contributed by atoms with Crippen LogP contribution in [0.25, 0.3) is 0 Å². The molecular formula is C14H26O. The van der Waals surface area contributed by atoms with Crippen LogP contribution in [0.15, 0.2) is 12.2 Å². The molecule has 0 saturated carbocycles. The highest BCUT2D eigenvalue weighted by molar-refractivity contribution is 5.52. The number of rotatable bonds is 10. The summed E-state index contributed by atoms with van der Waals surface area (Å²) in [6.07, 6.45) is 15.6. The molecule has 0 aliphatic carbocycles. The van der Waals surface area contributed by atoms with E-state index < -0.39 is 0 Å². The number of hydrogen-bond donors (Lipinski definition) is 0. The summed E-state index contributed by atoms with van der Waals surface area (Å²) >= 11 is 0. The van der Waals surface area contributed by atoms with Gasteiger partial charge in [0.2, 0.25) is 0 Å². The van der Waals surface area contributed by atoms with E-state index in [-0.39, 0.29) is 5.92 Å². The van der Waals surface area contributed by atoms with Crippen molar-refractivity contribution < 1.29 is 4.79 Å². The van der Waals surface area contributed by atoms with Gasteiger partial charge < -0.3 is 4.79 Å². The maximum atomic E-state index is 10.3. The topological polar surface area (TPSA) is 17.1 Å². The predicted octanol–water partition coefficient (Wildman–Crippen LogP) is 4.52. The SMILES string of the molecule is CCCCCCCCC=CCC(C)C=O. The minimum absolute atomic E-state index is 0.186. The molecule has 0 aromatic rings. The summed E-state index contributed by atoms with van der Waals surface area (Å²) in [6, 6.07) is 0. The van der Waals surface area contributed by atoms with Crippen molar-refractivity contribution in [2.45, 2.75) is 65.2 Å². The van der Waals surface area contributed by atoms with Crippen LogP contribution in [0.2, 0.25) is 0 Å². The van der Waals surface area contributed by atoms with Crippen molar-refractivity contribution in [2.24, 2.45) is 5.92 Å². The summed E-state index contributed by atoms with van der Waals surface area (Å²) in [7, 11) is 0. The molecule has 1 heteroatoms. The molecule has 0 aliphatic rings. The van der Waals surface area contributed by atoms with Crippen molar-refractivity contribution in [2.75, 3.05) is 0 Å². The zero-order valence-electron chi connectivity index (χ0n) is 10.4. The van der Waals surface area contributed by atoms with E-state index in [0.29, 0.717) is 0 Å². The molecule has 0 aromatic carbocycles. The van der Waals surface area contributed by atoms with Crippen molar-refractivity contribution >= 4 is 6.29 Å². The number of hydrogen-bond acceptors (Lipinski definition) is 1. The van der Waals surface area contributed by atoms with Crippen LogP contribution in [0.4, 0.5) is 0 Å². The Morgan fingerprint density at radius 3 is 2.33 bits per heavy atom. The molecule has 0 aliphatic heterocycles. The van der Waals surface area contributed by atoms with Gasteiger partial charge in [0.25, 0.3) is 0 Å². The fraction of sp³-hybridized carbons (Fsp3) is 0.786. The van der Waals surface area contributed by atoms with E-state index in [1.165, 1.54) is 44.9 Å². The van der Waals surface area contributed by atoms with E-state index in [1.54, 1.807) is 0 Å². The molecule has 0 saturated heterocycles. The molecule has 1 unspecified atom stereocenters. The quantitative estimate of drug-likeness (QED) is 0.294. The second kappa shape index (κ2) is 11.5. The number of aldehydes is 1. The van der Waals surface area contributed by atoms with Gasteiger partial charge >= 0.3 is 0 Å². The van der Waals surface area contributed by atoms with Gasteiger partial charge in [-0.1, -0.05) is 58.1 Å². The highest BCUT2D eigenvalue weighted by Gasteiger charge is 1.93. The molecule has 1 nitrogen and oxygen atoms in total. The van der Waals surface area contributed by atoms with Crippen molar-refractivity contribution in [3.05, 3.63) is 12.2 Å². The number of unbranched alkanes of at least 4 members (excludes halogenated alkanes) is 6. The first kappa shape index (κ1) is 14.4. The Bertz CT molecular complexity index is 161. The van der Waals surface area contributed by atoms with Crippen LogP contribution in [0.5, 0.6) is 0 Å². The summed E-state index contributed by atoms with van der Waals surface area (Å²) in [5, 5.41) is 0. The Labute approximate surface area is 95.0 Å². The van der Waals surface area contributed by atoms with E-state index in [4.69, 9.17) is 0 Å². The lowest BCUT2D eigenvalue weighted by molar-refractivity contribution is -0.110. The van der Waals surface area contributed by atoms with Crippen molar-refractivity contribution in [3.8, 4) is 0 Å². The maximum absolute atomic E-state index is 10.3. The zero-order valence-corrected chi connectivity index (χ0v) is 10.4. The Morgan fingerprint density at radius 1 is 1.00 bits per heavy atom. The Balaban J connectivity index is 3.12. The van der Waals surface area contributed by atoms with Gasteiger partial charge in [-0.05, 0) is 19.3 Å². The highest BCUT2D eigenvalue weighted by atomic mass is 16.1. The molecule has 0 spiro atoms. The summed E-state index contributed by atoms with van der Waals surface area (Å²) in [5.41, 5.74) is 0. The summed E-state index contributed by atoms with van der Waals surface area (Å²) < 4.78 is 0. The van der Waals surface area contributed by atoms with Crippen LogP contribution < -0.4 is 0 Å². The number of allylic oxidation sites excluding steroid dienone is 2. The Morgan fingerprint density at radius 2 is 1.67 bits per heavy atom. The molecule has 0 N–H and O–H groups in total. The minimum atomic E-state index is 0.186. The smallest absolute Gasteiger partial charge is 0.123 e. The van der Waals surface area contributed by atoms with Gasteiger partial charge in [0.1, 0.15) is 6.29 Å². The van der Waals surface area contributed by atoms with Gasteiger partial charge in [-0.3, -0.25) is 0 Å². The fourth-order valence-corrected chi connectivity index (χ4v) is 1.53. The van der Waals surface area contributed by atoms with E-state index in [9.17, 15) is 4.79 Å². The molecule has 1 atom stereocenters. The molecule has 0 rings (SSSR count). The standard InChI is InChI=1S/C14H26O/c1-3-4-5-6-7-8-9-10-11-12-14(2)13-15/h10-11,13-14H,3-9,12H2,1-2H3. The van der Waals surface area contributed by atoms with Crippen molar-refractivity contribution in [1.29, 1.82) is 0 Å². The summed E-state index contributed by atoms with van der Waals surface area (Å²) in [4.78, 5) is 10.3. The average molecular weight is 210 g/mol. The third-order valence-corrected chi connectivity index (χ3v) is 2.63. The van der Waals surface area contributed by atoms with Crippen LogP contribution in [0.1, 0.15) is 65.2 Å². The molecule has 15 heavy (non-hydrogen) atoms. The Kier molecular flexibility index (Phi) is 11.0. The van der Waals surface area contributed by atoms with E-state index >= 15 is 0 Å². The number of carbonyl (C=O) groups is 1. The Hall–Kier alpha value is -0.590. The van der Waals surface area contributed by atoms with E-state index in [0.717, 1.165) is 12.7 Å². The lowest BCUT2D eigenvalue weighted by atomic mass is 10.1. The molecule has 0 amide bonds. The molecular weight excluding hydrogens is 184 g/mol. The third-order valence-electron chi connectivity index (χ3n) is 2.63. The average Bonchev–Trinajstić information content (AvgIpc) is 2.26. The predicted molar refractivity (Wildman–Crippen MR) is 67.0 cm³/mol. The number of carbonyl (C=O) groups excluding carboxylic acids is 1.